The fourth-order valence-electron chi connectivity index (χ4n) is 2.66. The molecule has 2 aromatic heterocycles. The number of aromatic amines is 1. The van der Waals surface area contributed by atoms with E-state index < -0.39 is 0 Å². The molecule has 0 fully saturated rings. The number of aryl methyl sites for hydroxylation is 3. The van der Waals surface area contributed by atoms with Crippen LogP contribution in [0.5, 0.6) is 0 Å². The van der Waals surface area contributed by atoms with E-state index in [1.165, 1.54) is 0 Å². The van der Waals surface area contributed by atoms with E-state index in [1.54, 1.807) is 0 Å². The van der Waals surface area contributed by atoms with E-state index in [9.17, 15) is 4.79 Å². The largest absolute Gasteiger partial charge is 0.441 e. The second kappa shape index (κ2) is 5.56. The van der Waals surface area contributed by atoms with E-state index in [4.69, 9.17) is 4.42 Å². The first-order chi connectivity index (χ1) is 10.2. The van der Waals surface area contributed by atoms with Crippen molar-refractivity contribution in [2.24, 2.45) is 0 Å². The van der Waals surface area contributed by atoms with Crippen LogP contribution in [0.2, 0.25) is 0 Å². The number of nitrogens with zero attached hydrogens (tertiary/aromatic N) is 1. The molecule has 3 rings (SSSR count). The lowest BCUT2D eigenvalue weighted by Gasteiger charge is -2.07. The summed E-state index contributed by atoms with van der Waals surface area (Å²) in [5.74, 6) is 0.719. The third-order valence-corrected chi connectivity index (χ3v) is 3.66. The van der Waals surface area contributed by atoms with Crippen molar-refractivity contribution >= 4 is 11.1 Å². The Morgan fingerprint density at radius 1 is 1.24 bits per heavy atom. The Morgan fingerprint density at radius 2 is 2.05 bits per heavy atom. The normalized spacial score (nSPS) is 11.1. The number of pyridine rings is 1. The summed E-state index contributed by atoms with van der Waals surface area (Å²) in [6, 6.07) is 9.79. The second-order valence-electron chi connectivity index (χ2n) is 5.21. The molecule has 108 valence electrons. The Morgan fingerprint density at radius 3 is 2.81 bits per heavy atom. The lowest BCUT2D eigenvalue weighted by Crippen LogP contribution is -2.16. The smallest absolute Gasteiger partial charge is 0.251 e. The van der Waals surface area contributed by atoms with Crippen LogP contribution in [0.3, 0.4) is 0 Å². The van der Waals surface area contributed by atoms with Crippen molar-refractivity contribution in [3.8, 4) is 0 Å². The summed E-state index contributed by atoms with van der Waals surface area (Å²) in [5, 5.41) is 0. The van der Waals surface area contributed by atoms with Crippen LogP contribution in [-0.4, -0.2) is 9.97 Å². The van der Waals surface area contributed by atoms with Gasteiger partial charge in [0, 0.05) is 17.7 Å². The van der Waals surface area contributed by atoms with Gasteiger partial charge in [0.15, 0.2) is 11.5 Å². The van der Waals surface area contributed by atoms with E-state index in [-0.39, 0.29) is 5.56 Å². The third kappa shape index (κ3) is 2.75. The lowest BCUT2D eigenvalue weighted by molar-refractivity contribution is 0.527. The van der Waals surface area contributed by atoms with Crippen LogP contribution in [0, 0.1) is 6.92 Å². The number of rotatable bonds is 4. The summed E-state index contributed by atoms with van der Waals surface area (Å²) >= 11 is 0. The van der Waals surface area contributed by atoms with Gasteiger partial charge < -0.3 is 9.40 Å². The maximum Gasteiger partial charge on any atom is 0.251 e. The zero-order valence-corrected chi connectivity index (χ0v) is 12.3. The van der Waals surface area contributed by atoms with Crippen molar-refractivity contribution in [2.45, 2.75) is 33.1 Å². The molecule has 0 bridgehead atoms. The van der Waals surface area contributed by atoms with E-state index in [2.05, 4.69) is 9.97 Å². The first kappa shape index (κ1) is 13.6. The highest BCUT2D eigenvalue weighted by atomic mass is 16.3. The fraction of sp³-hybridized carbons (Fsp3) is 0.294. The highest BCUT2D eigenvalue weighted by molar-refractivity contribution is 5.72. The van der Waals surface area contributed by atoms with Crippen LogP contribution in [0.1, 0.15) is 29.6 Å². The number of hydrogen-bond donors (Lipinski definition) is 1. The van der Waals surface area contributed by atoms with Gasteiger partial charge in [-0.2, -0.15) is 0 Å². The molecule has 1 N–H and O–H groups in total. The summed E-state index contributed by atoms with van der Waals surface area (Å²) in [6.07, 6.45) is 2.20. The molecule has 0 unspecified atom stereocenters. The number of para-hydroxylation sites is 2. The van der Waals surface area contributed by atoms with Gasteiger partial charge in [0.1, 0.15) is 5.52 Å². The van der Waals surface area contributed by atoms with Crippen LogP contribution < -0.4 is 5.56 Å². The minimum absolute atomic E-state index is 0.0186. The minimum atomic E-state index is 0.0186. The van der Waals surface area contributed by atoms with E-state index in [0.29, 0.717) is 6.42 Å². The summed E-state index contributed by atoms with van der Waals surface area (Å²) < 4.78 is 5.73. The average Bonchev–Trinajstić information content (AvgIpc) is 2.87. The maximum atomic E-state index is 11.9. The van der Waals surface area contributed by atoms with Crippen molar-refractivity contribution in [3.63, 3.8) is 0 Å². The molecule has 21 heavy (non-hydrogen) atoms. The van der Waals surface area contributed by atoms with E-state index in [1.807, 2.05) is 44.2 Å². The SMILES string of the molecule is CCc1c(CCc2nc3ccccc3o2)cc(C)[nH]c1=O. The van der Waals surface area contributed by atoms with Crippen molar-refractivity contribution in [2.75, 3.05) is 0 Å². The van der Waals surface area contributed by atoms with Crippen molar-refractivity contribution in [1.82, 2.24) is 9.97 Å². The molecule has 0 saturated carbocycles. The van der Waals surface area contributed by atoms with Gasteiger partial charge in [-0.1, -0.05) is 19.1 Å². The first-order valence-electron chi connectivity index (χ1n) is 7.23. The molecular formula is C17H18N2O2. The molecule has 0 radical (unpaired) electrons. The maximum absolute atomic E-state index is 11.9. The summed E-state index contributed by atoms with van der Waals surface area (Å²) in [5.41, 5.74) is 4.54. The van der Waals surface area contributed by atoms with Gasteiger partial charge in [-0.05, 0) is 43.5 Å². The van der Waals surface area contributed by atoms with Gasteiger partial charge in [-0.15, -0.1) is 0 Å². The lowest BCUT2D eigenvalue weighted by atomic mass is 10.0. The van der Waals surface area contributed by atoms with Gasteiger partial charge in [0.25, 0.3) is 5.56 Å². The fourth-order valence-corrected chi connectivity index (χ4v) is 2.66. The number of aromatic nitrogens is 2. The Balaban J connectivity index is 1.86. The van der Waals surface area contributed by atoms with Crippen molar-refractivity contribution in [3.05, 3.63) is 63.4 Å². The van der Waals surface area contributed by atoms with Crippen LogP contribution in [-0.2, 0) is 19.3 Å². The molecule has 0 spiro atoms. The van der Waals surface area contributed by atoms with Gasteiger partial charge in [-0.25, -0.2) is 4.98 Å². The Hall–Kier alpha value is -2.36. The number of nitrogens with one attached hydrogen (secondary N) is 1. The number of hydrogen-bond acceptors (Lipinski definition) is 3. The van der Waals surface area contributed by atoms with Crippen LogP contribution >= 0.6 is 0 Å². The molecule has 0 atom stereocenters. The standard InChI is InChI=1S/C17H18N2O2/c1-3-13-12(10-11(2)18-17(13)20)8-9-16-19-14-6-4-5-7-15(14)21-16/h4-7,10H,3,8-9H2,1-2H3,(H,18,20). The molecule has 2 heterocycles. The molecule has 0 amide bonds. The van der Waals surface area contributed by atoms with Crippen LogP contribution in [0.25, 0.3) is 11.1 Å². The molecule has 3 aromatic rings. The second-order valence-corrected chi connectivity index (χ2v) is 5.21. The molecule has 4 heteroatoms. The predicted molar refractivity (Wildman–Crippen MR) is 82.6 cm³/mol. The Labute approximate surface area is 122 Å². The van der Waals surface area contributed by atoms with Gasteiger partial charge in [0.05, 0.1) is 0 Å². The number of fused-ring (bicyclic) bond motifs is 1. The van der Waals surface area contributed by atoms with Crippen molar-refractivity contribution in [1.29, 1.82) is 0 Å². The van der Waals surface area contributed by atoms with Gasteiger partial charge in [0.2, 0.25) is 0 Å². The molecular weight excluding hydrogens is 264 g/mol. The molecule has 0 aliphatic rings. The number of oxazole rings is 1. The molecule has 0 saturated heterocycles. The monoisotopic (exact) mass is 282 g/mol. The molecule has 1 aromatic carbocycles. The van der Waals surface area contributed by atoms with Crippen LogP contribution in [0.4, 0.5) is 0 Å². The number of benzene rings is 1. The van der Waals surface area contributed by atoms with E-state index in [0.717, 1.165) is 46.7 Å². The van der Waals surface area contributed by atoms with E-state index >= 15 is 0 Å². The topological polar surface area (TPSA) is 58.9 Å². The Bertz CT molecular complexity index is 797. The zero-order valence-electron chi connectivity index (χ0n) is 12.3. The summed E-state index contributed by atoms with van der Waals surface area (Å²) in [6.45, 7) is 3.91. The van der Waals surface area contributed by atoms with Gasteiger partial charge in [-0.3, -0.25) is 4.79 Å². The Kier molecular flexibility index (Phi) is 3.60. The molecule has 4 nitrogen and oxygen atoms in total. The molecule has 0 aliphatic carbocycles. The summed E-state index contributed by atoms with van der Waals surface area (Å²) in [4.78, 5) is 19.3. The quantitative estimate of drug-likeness (QED) is 0.799. The third-order valence-electron chi connectivity index (χ3n) is 3.66. The highest BCUT2D eigenvalue weighted by Crippen LogP contribution is 2.17. The number of H-pyrrole nitrogens is 1. The predicted octanol–water partition coefficient (Wildman–Crippen LogP) is 3.17. The van der Waals surface area contributed by atoms with Gasteiger partial charge >= 0.3 is 0 Å². The zero-order chi connectivity index (χ0) is 14.8. The summed E-state index contributed by atoms with van der Waals surface area (Å²) in [7, 11) is 0. The minimum Gasteiger partial charge on any atom is -0.441 e. The average molecular weight is 282 g/mol. The molecule has 0 aliphatic heterocycles. The van der Waals surface area contributed by atoms with Crippen molar-refractivity contribution < 1.29 is 4.42 Å². The van der Waals surface area contributed by atoms with Crippen LogP contribution in [0.15, 0.2) is 39.5 Å². The highest BCUT2D eigenvalue weighted by Gasteiger charge is 2.10. The first-order valence-corrected chi connectivity index (χ1v) is 7.23.